The first kappa shape index (κ1) is 18.3. The quantitative estimate of drug-likeness (QED) is 0.291. The molecule has 1 fully saturated rings. The van der Waals surface area contributed by atoms with Gasteiger partial charge in [0.1, 0.15) is 17.6 Å². The molecule has 0 bridgehead atoms. The number of hydrogen-bond acceptors (Lipinski definition) is 7. The molecule has 2 aromatic heterocycles. The van der Waals surface area contributed by atoms with Gasteiger partial charge in [-0.25, -0.2) is 4.98 Å². The molecule has 9 nitrogen and oxygen atoms in total. The molecule has 0 radical (unpaired) electrons. The van der Waals surface area contributed by atoms with Crippen LogP contribution in [0.1, 0.15) is 17.4 Å². The molecule has 0 aliphatic carbocycles. The van der Waals surface area contributed by atoms with Crippen LogP contribution in [0.2, 0.25) is 0 Å². The third-order valence-corrected chi connectivity index (χ3v) is 5.51. The summed E-state index contributed by atoms with van der Waals surface area (Å²) in [5.74, 6) is -0.551. The molecule has 1 amide bonds. The number of anilines is 1. The molecule has 2 aliphatic rings. The van der Waals surface area contributed by atoms with Crippen LogP contribution in [0, 0.1) is 0 Å². The number of benzene rings is 2. The van der Waals surface area contributed by atoms with Gasteiger partial charge in [-0.2, -0.15) is 0 Å². The van der Waals surface area contributed by atoms with Crippen molar-refractivity contribution in [3.8, 4) is 11.5 Å². The summed E-state index contributed by atoms with van der Waals surface area (Å²) in [6, 6.07) is 14.3. The number of aromatic amines is 1. The van der Waals surface area contributed by atoms with Gasteiger partial charge >= 0.3 is 5.91 Å². The first-order valence-electron chi connectivity index (χ1n) is 9.81. The van der Waals surface area contributed by atoms with Gasteiger partial charge in [-0.1, -0.05) is 12.1 Å². The maximum absolute atomic E-state index is 13.1. The zero-order chi connectivity index (χ0) is 21.8. The summed E-state index contributed by atoms with van der Waals surface area (Å²) in [5.41, 5.74) is 1.55. The number of ketones is 1. The van der Waals surface area contributed by atoms with E-state index in [1.807, 2.05) is 18.2 Å². The number of rotatable bonds is 3. The Balaban J connectivity index is 1.54. The summed E-state index contributed by atoms with van der Waals surface area (Å²) in [7, 11) is 0. The van der Waals surface area contributed by atoms with Crippen LogP contribution in [-0.2, 0) is 9.59 Å². The van der Waals surface area contributed by atoms with E-state index in [2.05, 4.69) is 9.97 Å². The Kier molecular flexibility index (Phi) is 3.85. The van der Waals surface area contributed by atoms with Gasteiger partial charge in [0.05, 0.1) is 22.9 Å². The Bertz CT molecular complexity index is 1390. The molecule has 158 valence electrons. The van der Waals surface area contributed by atoms with Crippen LogP contribution in [0.25, 0.3) is 16.8 Å². The van der Waals surface area contributed by atoms with Gasteiger partial charge in [0.15, 0.2) is 11.5 Å². The van der Waals surface area contributed by atoms with Crippen LogP contribution in [-0.4, -0.2) is 33.6 Å². The van der Waals surface area contributed by atoms with Crippen LogP contribution in [0.3, 0.4) is 0 Å². The number of ether oxygens (including phenoxy) is 2. The summed E-state index contributed by atoms with van der Waals surface area (Å²) in [6.07, 6.45) is 1.44. The van der Waals surface area contributed by atoms with Gasteiger partial charge in [0, 0.05) is 5.56 Å². The highest BCUT2D eigenvalue weighted by Crippen LogP contribution is 2.43. The molecule has 1 atom stereocenters. The number of fused-ring (bicyclic) bond motifs is 2. The van der Waals surface area contributed by atoms with E-state index in [9.17, 15) is 14.7 Å². The smallest absolute Gasteiger partial charge is 0.302 e. The van der Waals surface area contributed by atoms with E-state index in [0.717, 1.165) is 0 Å². The SMILES string of the molecule is O=C1C(=O)N(c2nc3ccccc3[nH]2)C(c2ccco2)/C1=C(\O)c1ccc2c(c1)OCO2. The van der Waals surface area contributed by atoms with Gasteiger partial charge in [-0.3, -0.25) is 14.5 Å². The summed E-state index contributed by atoms with van der Waals surface area (Å²) in [4.78, 5) is 35.0. The third-order valence-electron chi connectivity index (χ3n) is 5.51. The predicted octanol–water partition coefficient (Wildman–Crippen LogP) is 3.51. The van der Waals surface area contributed by atoms with E-state index < -0.39 is 17.7 Å². The minimum absolute atomic E-state index is 0.0718. The lowest BCUT2D eigenvalue weighted by Gasteiger charge is -2.20. The van der Waals surface area contributed by atoms with Crippen LogP contribution in [0.5, 0.6) is 11.5 Å². The maximum Gasteiger partial charge on any atom is 0.302 e. The zero-order valence-electron chi connectivity index (χ0n) is 16.4. The molecule has 0 saturated carbocycles. The second kappa shape index (κ2) is 6.74. The lowest BCUT2D eigenvalue weighted by Crippen LogP contribution is -2.30. The number of aliphatic hydroxyl groups is 1. The summed E-state index contributed by atoms with van der Waals surface area (Å²) in [6.45, 7) is 0.0718. The number of aliphatic hydroxyl groups excluding tert-OH is 1. The number of carbonyl (C=O) groups is 2. The number of hydrogen-bond donors (Lipinski definition) is 2. The molecule has 32 heavy (non-hydrogen) atoms. The first-order valence-corrected chi connectivity index (χ1v) is 9.81. The number of nitrogens with zero attached hydrogens (tertiary/aromatic N) is 2. The number of furan rings is 1. The van der Waals surface area contributed by atoms with E-state index in [0.29, 0.717) is 33.9 Å². The largest absolute Gasteiger partial charge is 0.507 e. The van der Waals surface area contributed by atoms with Crippen LogP contribution >= 0.6 is 0 Å². The molecular weight excluding hydrogens is 414 g/mol. The number of Topliss-reactive ketones (excluding diaryl/α,β-unsaturated/α-hetero) is 1. The summed E-state index contributed by atoms with van der Waals surface area (Å²) < 4.78 is 16.2. The van der Waals surface area contributed by atoms with Crippen molar-refractivity contribution in [2.24, 2.45) is 0 Å². The number of amides is 1. The first-order chi connectivity index (χ1) is 15.6. The van der Waals surface area contributed by atoms with Gasteiger partial charge < -0.3 is 24.0 Å². The lowest BCUT2D eigenvalue weighted by molar-refractivity contribution is -0.132. The molecule has 9 heteroatoms. The molecule has 2 N–H and O–H groups in total. The molecule has 2 aliphatic heterocycles. The van der Waals surface area contributed by atoms with Crippen LogP contribution in [0.15, 0.2) is 70.9 Å². The number of para-hydroxylation sites is 2. The highest BCUT2D eigenvalue weighted by molar-refractivity contribution is 6.51. The zero-order valence-corrected chi connectivity index (χ0v) is 16.4. The van der Waals surface area contributed by atoms with E-state index in [-0.39, 0.29) is 24.1 Å². The molecular formula is C23H15N3O6. The Hall–Kier alpha value is -4.53. The Morgan fingerprint density at radius 1 is 1.06 bits per heavy atom. The molecule has 2 aromatic carbocycles. The fourth-order valence-electron chi connectivity index (χ4n) is 4.02. The fourth-order valence-corrected chi connectivity index (χ4v) is 4.02. The highest BCUT2D eigenvalue weighted by atomic mass is 16.7. The van der Waals surface area contributed by atoms with Gasteiger partial charge in [-0.15, -0.1) is 0 Å². The van der Waals surface area contributed by atoms with Crippen molar-refractivity contribution in [2.75, 3.05) is 11.7 Å². The van der Waals surface area contributed by atoms with E-state index >= 15 is 0 Å². The number of nitrogens with one attached hydrogen (secondary N) is 1. The average molecular weight is 429 g/mol. The number of H-pyrrole nitrogens is 1. The Morgan fingerprint density at radius 3 is 2.72 bits per heavy atom. The molecule has 4 heterocycles. The second-order valence-electron chi connectivity index (χ2n) is 7.33. The monoisotopic (exact) mass is 429 g/mol. The van der Waals surface area contributed by atoms with E-state index in [4.69, 9.17) is 13.9 Å². The van der Waals surface area contributed by atoms with Crippen LogP contribution < -0.4 is 14.4 Å². The topological polar surface area (TPSA) is 118 Å². The van der Waals surface area contributed by atoms with Crippen molar-refractivity contribution in [2.45, 2.75) is 6.04 Å². The normalized spacial score (nSPS) is 19.2. The van der Waals surface area contributed by atoms with Gasteiger partial charge in [0.25, 0.3) is 5.78 Å². The molecule has 0 spiro atoms. The summed E-state index contributed by atoms with van der Waals surface area (Å²) in [5, 5.41) is 11.1. The van der Waals surface area contributed by atoms with Crippen LogP contribution in [0.4, 0.5) is 5.95 Å². The molecule has 1 unspecified atom stereocenters. The fraction of sp³-hybridized carbons (Fsp3) is 0.0870. The predicted molar refractivity (Wildman–Crippen MR) is 112 cm³/mol. The van der Waals surface area contributed by atoms with E-state index in [1.165, 1.54) is 11.2 Å². The Morgan fingerprint density at radius 2 is 1.91 bits per heavy atom. The van der Waals surface area contributed by atoms with Crippen molar-refractivity contribution >= 4 is 34.4 Å². The van der Waals surface area contributed by atoms with Gasteiger partial charge in [-0.05, 0) is 42.5 Å². The third kappa shape index (κ3) is 2.61. The van der Waals surface area contributed by atoms with Crippen molar-refractivity contribution in [3.63, 3.8) is 0 Å². The highest BCUT2D eigenvalue weighted by Gasteiger charge is 2.49. The average Bonchev–Trinajstić information content (AvgIpc) is 3.59. The Labute approximate surface area is 180 Å². The van der Waals surface area contributed by atoms with Crippen molar-refractivity contribution in [1.82, 2.24) is 9.97 Å². The number of carbonyl (C=O) groups excluding carboxylic acids is 2. The standard InChI is InChI=1S/C23H15N3O6/c27-20(12-7-8-15-17(10-12)32-11-31-15)18-19(16-6-3-9-30-16)26(22(29)21(18)28)23-24-13-4-1-2-5-14(13)25-23/h1-10,19,27H,11H2,(H,24,25)/b20-18+. The minimum atomic E-state index is -1.00. The second-order valence-corrected chi connectivity index (χ2v) is 7.33. The number of imidazole rings is 1. The van der Waals surface area contributed by atoms with Gasteiger partial charge in [0.2, 0.25) is 12.7 Å². The summed E-state index contributed by atoms with van der Waals surface area (Å²) >= 11 is 0. The van der Waals surface area contributed by atoms with Crippen molar-refractivity contribution < 1.29 is 28.6 Å². The molecule has 6 rings (SSSR count). The van der Waals surface area contributed by atoms with E-state index in [1.54, 1.807) is 36.4 Å². The molecule has 4 aromatic rings. The minimum Gasteiger partial charge on any atom is -0.507 e. The lowest BCUT2D eigenvalue weighted by atomic mass is 9.99. The maximum atomic E-state index is 13.1. The molecule has 1 saturated heterocycles. The van der Waals surface area contributed by atoms with Crippen molar-refractivity contribution in [1.29, 1.82) is 0 Å². The van der Waals surface area contributed by atoms with Crippen molar-refractivity contribution in [3.05, 3.63) is 77.8 Å². The number of aromatic nitrogens is 2.